The number of halogens is 1. The van der Waals surface area contributed by atoms with E-state index in [2.05, 4.69) is 22.2 Å². The number of hydrogen-bond acceptors (Lipinski definition) is 5. The van der Waals surface area contributed by atoms with Crippen LogP contribution in [-0.4, -0.2) is 32.2 Å². The van der Waals surface area contributed by atoms with E-state index in [0.717, 1.165) is 41.5 Å². The lowest BCUT2D eigenvalue weighted by atomic mass is 9.99. The molecule has 1 aromatic carbocycles. The molecule has 1 aliphatic heterocycles. The summed E-state index contributed by atoms with van der Waals surface area (Å²) in [5, 5.41) is 5.30. The number of sulfonamides is 1. The molecule has 1 unspecified atom stereocenters. The summed E-state index contributed by atoms with van der Waals surface area (Å²) in [7, 11) is -3.17. The second kappa shape index (κ2) is 9.47. The number of nitrogens with zero attached hydrogens (tertiary/aromatic N) is 1. The van der Waals surface area contributed by atoms with Gasteiger partial charge in [0.05, 0.1) is 22.5 Å². The normalized spacial score (nSPS) is 17.0. The van der Waals surface area contributed by atoms with Gasteiger partial charge in [-0.15, -0.1) is 11.3 Å². The number of aromatic nitrogens is 1. The molecule has 0 radical (unpaired) electrons. The molecule has 3 rings (SSSR count). The fourth-order valence-electron chi connectivity index (χ4n) is 3.17. The van der Waals surface area contributed by atoms with Crippen LogP contribution in [0.2, 0.25) is 5.02 Å². The summed E-state index contributed by atoms with van der Waals surface area (Å²) in [6, 6.07) is 8.13. The minimum absolute atomic E-state index is 0.196. The van der Waals surface area contributed by atoms with Crippen molar-refractivity contribution in [2.45, 2.75) is 45.1 Å². The zero-order valence-corrected chi connectivity index (χ0v) is 17.9. The first-order valence-electron chi connectivity index (χ1n) is 9.40. The molecule has 0 aliphatic carbocycles. The van der Waals surface area contributed by atoms with Gasteiger partial charge in [0.2, 0.25) is 10.0 Å². The van der Waals surface area contributed by atoms with Crippen LogP contribution >= 0.6 is 22.9 Å². The number of nitrogens with one attached hydrogen (secondary N) is 2. The molecule has 0 saturated heterocycles. The van der Waals surface area contributed by atoms with Gasteiger partial charge in [0.25, 0.3) is 0 Å². The summed E-state index contributed by atoms with van der Waals surface area (Å²) in [4.78, 5) is 6.14. The Hall–Kier alpha value is -0.990. The number of thiazole rings is 1. The maximum Gasteiger partial charge on any atom is 0.211 e. The highest BCUT2D eigenvalue weighted by Crippen LogP contribution is 2.30. The summed E-state index contributed by atoms with van der Waals surface area (Å²) in [5.74, 6) is 0.199. The summed E-state index contributed by atoms with van der Waals surface area (Å²) >= 11 is 7.69. The van der Waals surface area contributed by atoms with Gasteiger partial charge in [-0.25, -0.2) is 18.1 Å². The fraction of sp³-hybridized carbons (Fsp3) is 0.526. The van der Waals surface area contributed by atoms with Gasteiger partial charge in [-0.2, -0.15) is 0 Å². The van der Waals surface area contributed by atoms with Crippen LogP contribution in [0.25, 0.3) is 0 Å². The van der Waals surface area contributed by atoms with Crippen LogP contribution in [0.4, 0.5) is 0 Å². The SMILES string of the molecule is CCCCS(=O)(=O)NCCc1nc2c(s1)CCNC2Cc1ccc(Cl)cc1. The maximum atomic E-state index is 11.9. The van der Waals surface area contributed by atoms with Crippen molar-refractivity contribution in [1.82, 2.24) is 15.0 Å². The van der Waals surface area contributed by atoms with Gasteiger partial charge in [-0.3, -0.25) is 0 Å². The van der Waals surface area contributed by atoms with Crippen molar-refractivity contribution in [2.75, 3.05) is 18.8 Å². The first kappa shape index (κ1) is 20.7. The Bertz CT molecular complexity index is 850. The average molecular weight is 428 g/mol. The third kappa shape index (κ3) is 5.99. The highest BCUT2D eigenvalue weighted by Gasteiger charge is 2.24. The number of benzene rings is 1. The van der Waals surface area contributed by atoms with Crippen molar-refractivity contribution in [3.8, 4) is 0 Å². The Morgan fingerprint density at radius 3 is 2.85 bits per heavy atom. The lowest BCUT2D eigenvalue weighted by Gasteiger charge is -2.23. The van der Waals surface area contributed by atoms with Crippen LogP contribution in [-0.2, 0) is 29.3 Å². The van der Waals surface area contributed by atoms with Gasteiger partial charge in [0.15, 0.2) is 0 Å². The molecular formula is C19H26ClN3O2S2. The third-order valence-corrected chi connectivity index (χ3v) is 7.54. The van der Waals surface area contributed by atoms with E-state index in [-0.39, 0.29) is 11.8 Å². The lowest BCUT2D eigenvalue weighted by molar-refractivity contribution is 0.495. The smallest absolute Gasteiger partial charge is 0.211 e. The summed E-state index contributed by atoms with van der Waals surface area (Å²) < 4.78 is 26.5. The largest absolute Gasteiger partial charge is 0.308 e. The van der Waals surface area contributed by atoms with Crippen molar-refractivity contribution in [3.05, 3.63) is 50.4 Å². The molecule has 0 spiro atoms. The molecule has 2 heterocycles. The summed E-state index contributed by atoms with van der Waals surface area (Å²) in [5.41, 5.74) is 2.34. The molecule has 0 bridgehead atoms. The molecule has 1 aliphatic rings. The second-order valence-corrected chi connectivity index (χ2v) is 10.4. The van der Waals surface area contributed by atoms with Crippen LogP contribution in [0.1, 0.15) is 46.9 Å². The van der Waals surface area contributed by atoms with E-state index in [1.165, 1.54) is 10.4 Å². The van der Waals surface area contributed by atoms with Gasteiger partial charge in [-0.05, 0) is 37.0 Å². The van der Waals surface area contributed by atoms with E-state index in [4.69, 9.17) is 16.6 Å². The zero-order chi connectivity index (χ0) is 19.3. The Labute approximate surface area is 170 Å². The molecule has 2 aromatic rings. The maximum absolute atomic E-state index is 11.9. The fourth-order valence-corrected chi connectivity index (χ4v) is 5.66. The molecular weight excluding hydrogens is 402 g/mol. The van der Waals surface area contributed by atoms with E-state index in [1.54, 1.807) is 11.3 Å². The van der Waals surface area contributed by atoms with Gasteiger partial charge in [0.1, 0.15) is 0 Å². The lowest BCUT2D eigenvalue weighted by Crippen LogP contribution is -2.31. The van der Waals surface area contributed by atoms with E-state index in [1.807, 2.05) is 19.1 Å². The summed E-state index contributed by atoms with van der Waals surface area (Å²) in [6.45, 7) is 3.34. The van der Waals surface area contributed by atoms with E-state index >= 15 is 0 Å². The van der Waals surface area contributed by atoms with Crippen molar-refractivity contribution in [3.63, 3.8) is 0 Å². The van der Waals surface area contributed by atoms with Crippen molar-refractivity contribution in [2.24, 2.45) is 0 Å². The number of unbranched alkanes of at least 4 members (excludes halogenated alkanes) is 1. The first-order chi connectivity index (χ1) is 13.0. The quantitative estimate of drug-likeness (QED) is 0.642. The monoisotopic (exact) mass is 427 g/mol. The van der Waals surface area contributed by atoms with Crippen LogP contribution in [0.3, 0.4) is 0 Å². The molecule has 1 atom stereocenters. The topological polar surface area (TPSA) is 71.1 Å². The van der Waals surface area contributed by atoms with Gasteiger partial charge >= 0.3 is 0 Å². The van der Waals surface area contributed by atoms with Crippen LogP contribution in [0.15, 0.2) is 24.3 Å². The minimum atomic E-state index is -3.17. The molecule has 148 valence electrons. The van der Waals surface area contributed by atoms with Crippen molar-refractivity contribution in [1.29, 1.82) is 0 Å². The predicted octanol–water partition coefficient (Wildman–Crippen LogP) is 3.49. The molecule has 0 fully saturated rings. The zero-order valence-electron chi connectivity index (χ0n) is 15.5. The first-order valence-corrected chi connectivity index (χ1v) is 12.2. The Morgan fingerprint density at radius 1 is 1.33 bits per heavy atom. The molecule has 8 heteroatoms. The van der Waals surface area contributed by atoms with Crippen LogP contribution in [0.5, 0.6) is 0 Å². The molecule has 1 aromatic heterocycles. The molecule has 0 amide bonds. The van der Waals surface area contributed by atoms with Crippen LogP contribution in [0, 0.1) is 0 Å². The van der Waals surface area contributed by atoms with E-state index < -0.39 is 10.0 Å². The van der Waals surface area contributed by atoms with E-state index in [0.29, 0.717) is 19.4 Å². The molecule has 5 nitrogen and oxygen atoms in total. The highest BCUT2D eigenvalue weighted by atomic mass is 35.5. The Morgan fingerprint density at radius 2 is 2.11 bits per heavy atom. The Balaban J connectivity index is 1.60. The minimum Gasteiger partial charge on any atom is -0.308 e. The molecule has 0 saturated carbocycles. The standard InChI is InChI=1S/C19H26ClN3O2S2/c1-2-3-12-27(24,25)22-11-9-18-23-19-16(21-10-8-17(19)26-18)13-14-4-6-15(20)7-5-14/h4-7,16,21-22H,2-3,8-13H2,1H3. The number of hydrogen-bond donors (Lipinski definition) is 2. The van der Waals surface area contributed by atoms with E-state index in [9.17, 15) is 8.42 Å². The Kier molecular flexibility index (Phi) is 7.28. The predicted molar refractivity (Wildman–Crippen MR) is 112 cm³/mol. The summed E-state index contributed by atoms with van der Waals surface area (Å²) in [6.07, 6.45) is 4.06. The van der Waals surface area contributed by atoms with Gasteiger partial charge < -0.3 is 5.32 Å². The molecule has 2 N–H and O–H groups in total. The average Bonchev–Trinajstić information content (AvgIpc) is 3.06. The number of rotatable bonds is 9. The van der Waals surface area contributed by atoms with Crippen molar-refractivity contribution < 1.29 is 8.42 Å². The molecule has 27 heavy (non-hydrogen) atoms. The second-order valence-electron chi connectivity index (χ2n) is 6.82. The third-order valence-electron chi connectivity index (χ3n) is 4.63. The van der Waals surface area contributed by atoms with Gasteiger partial charge in [0, 0.05) is 29.4 Å². The van der Waals surface area contributed by atoms with Crippen LogP contribution < -0.4 is 10.0 Å². The van der Waals surface area contributed by atoms with Crippen molar-refractivity contribution >= 4 is 33.0 Å². The van der Waals surface area contributed by atoms with Gasteiger partial charge in [-0.1, -0.05) is 37.1 Å². The highest BCUT2D eigenvalue weighted by molar-refractivity contribution is 7.89. The number of fused-ring (bicyclic) bond motifs is 1.